The summed E-state index contributed by atoms with van der Waals surface area (Å²) in [6.07, 6.45) is 0. The normalized spacial score (nSPS) is 1.60. The third-order valence-electron chi connectivity index (χ3n) is 0. The summed E-state index contributed by atoms with van der Waals surface area (Å²) in [4.78, 5) is 0. The molecule has 0 aromatic rings. The molecule has 0 bridgehead atoms. The van der Waals surface area contributed by atoms with E-state index in [1.807, 2.05) is 0 Å². The van der Waals surface area contributed by atoms with Gasteiger partial charge in [0.2, 0.25) is 0 Å². The number of rotatable bonds is 0. The summed E-state index contributed by atoms with van der Waals surface area (Å²) >= 11 is -2.27. The molecule has 5 heteroatoms. The van der Waals surface area contributed by atoms with Gasteiger partial charge in [-0.25, -0.2) is 0 Å². The van der Waals surface area contributed by atoms with Gasteiger partial charge in [0.15, 0.2) is 0 Å². The van der Waals surface area contributed by atoms with Crippen LogP contribution in [0.2, 0.25) is 0 Å². The van der Waals surface area contributed by atoms with Crippen molar-refractivity contribution >= 4 is 23.1 Å². The average Bonchev–Trinajstić information content (AvgIpc) is 0.918. The molecule has 0 fully saturated rings. The number of hydrogen-bond donors (Lipinski definition) is 0. The summed E-state index contributed by atoms with van der Waals surface area (Å²) in [6, 6.07) is 0. The first kappa shape index (κ1) is 16.4. The van der Waals surface area contributed by atoms with Gasteiger partial charge in [-0.3, -0.25) is 0 Å². The minimum atomic E-state index is -2.27. The Kier molecular flexibility index (Phi) is 61.9. The van der Waals surface area contributed by atoms with E-state index < -0.39 is 23.2 Å². The Bertz CT molecular complexity index is 33.9. The van der Waals surface area contributed by atoms with Gasteiger partial charge in [0.25, 0.3) is 0 Å². The van der Waals surface area contributed by atoms with Crippen molar-refractivity contribution in [2.24, 2.45) is 0 Å². The minimum absolute atomic E-state index is 0. The van der Waals surface area contributed by atoms with Gasteiger partial charge in [-0.05, 0) is 0 Å². The van der Waals surface area contributed by atoms with E-state index in [-0.39, 0.29) is 31.4 Å². The van der Waals surface area contributed by atoms with Crippen LogP contribution in [0.3, 0.4) is 0 Å². The third-order valence-corrected chi connectivity index (χ3v) is 0. The fourth-order valence-corrected chi connectivity index (χ4v) is 0. The molecule has 0 aromatic carbocycles. The summed E-state index contributed by atoms with van der Waals surface area (Å²) in [7, 11) is 0. The number of hydrogen-bond acceptors (Lipinski definition) is 2. The predicted molar refractivity (Wildman–Crippen MR) is 13.0 cm³/mol. The molecule has 0 radical (unpaired) electrons. The molecular formula is H4MgO3Zr. The average molecular weight is 168 g/mol. The fourth-order valence-electron chi connectivity index (χ4n) is 0. The van der Waals surface area contributed by atoms with Crippen LogP contribution >= 0.6 is 0 Å². The van der Waals surface area contributed by atoms with Crippen LogP contribution in [0.1, 0.15) is 2.85 Å². The van der Waals surface area contributed by atoms with E-state index in [0.717, 1.165) is 0 Å². The Morgan fingerprint density at radius 1 is 1.40 bits per heavy atom. The summed E-state index contributed by atoms with van der Waals surface area (Å²) in [5.41, 5.74) is 0. The Hall–Kier alpha value is 1.21. The summed E-state index contributed by atoms with van der Waals surface area (Å²) in [6.45, 7) is 0. The second-order valence-electron chi connectivity index (χ2n) is 0.0833. The van der Waals surface area contributed by atoms with Crippen LogP contribution in [0.4, 0.5) is 0 Å². The molecule has 0 atom stereocenters. The molecule has 0 saturated heterocycles. The first-order valence-corrected chi connectivity index (χ1v) is 2.42. The van der Waals surface area contributed by atoms with Gasteiger partial charge in [-0.2, -0.15) is 0 Å². The Balaban J connectivity index is -0.00000000333. The zero-order valence-electron chi connectivity index (χ0n) is 4.52. The Labute approximate surface area is 60.0 Å². The van der Waals surface area contributed by atoms with Gasteiger partial charge in [0.05, 0.1) is 0 Å². The van der Waals surface area contributed by atoms with Gasteiger partial charge in [0, 0.05) is 0 Å². The second kappa shape index (κ2) is 18.9. The molecule has 2 N–H and O–H groups in total. The van der Waals surface area contributed by atoms with E-state index in [1.54, 1.807) is 0 Å². The Morgan fingerprint density at radius 2 is 1.40 bits per heavy atom. The Morgan fingerprint density at radius 3 is 1.40 bits per heavy atom. The van der Waals surface area contributed by atoms with E-state index in [0.29, 0.717) is 0 Å². The molecule has 0 amide bonds. The van der Waals surface area contributed by atoms with Crippen LogP contribution in [0.15, 0.2) is 0 Å². The molecule has 0 spiro atoms. The molecular weight excluding hydrogens is 164 g/mol. The molecule has 0 unspecified atom stereocenters. The van der Waals surface area contributed by atoms with Crippen LogP contribution in [0, 0.1) is 0 Å². The van der Waals surface area contributed by atoms with E-state index in [2.05, 4.69) is 0 Å². The van der Waals surface area contributed by atoms with Crippen LogP contribution in [0.5, 0.6) is 0 Å². The predicted octanol–water partition coefficient (Wildman–Crippen LogP) is -1.22. The molecule has 3 nitrogen and oxygen atoms in total. The SMILES string of the molecule is O.[H-].[H-].[Mg+2].[O]=[Zr]=[O]. The zero-order valence-corrected chi connectivity index (χ0v) is 6.40. The first-order valence-electron chi connectivity index (χ1n) is 0.408. The van der Waals surface area contributed by atoms with Crippen molar-refractivity contribution in [2.45, 2.75) is 0 Å². The van der Waals surface area contributed by atoms with Crippen molar-refractivity contribution in [1.29, 1.82) is 0 Å². The molecule has 0 aliphatic heterocycles. The van der Waals surface area contributed by atoms with Gasteiger partial charge < -0.3 is 8.33 Å². The van der Waals surface area contributed by atoms with E-state index >= 15 is 0 Å². The van der Waals surface area contributed by atoms with Crippen molar-refractivity contribution in [2.75, 3.05) is 0 Å². The monoisotopic (exact) mass is 166 g/mol. The maximum absolute atomic E-state index is 8.54. The topological polar surface area (TPSA) is 65.6 Å². The molecule has 0 aliphatic carbocycles. The van der Waals surface area contributed by atoms with Gasteiger partial charge in [0.1, 0.15) is 0 Å². The summed E-state index contributed by atoms with van der Waals surface area (Å²) in [5, 5.41) is 0. The van der Waals surface area contributed by atoms with E-state index in [4.69, 9.17) is 5.63 Å². The summed E-state index contributed by atoms with van der Waals surface area (Å²) < 4.78 is 17.1. The van der Waals surface area contributed by atoms with Crippen molar-refractivity contribution in [3.05, 3.63) is 0 Å². The van der Waals surface area contributed by atoms with Gasteiger partial charge >= 0.3 is 51.9 Å². The van der Waals surface area contributed by atoms with Crippen LogP contribution in [-0.4, -0.2) is 28.5 Å². The van der Waals surface area contributed by atoms with Crippen molar-refractivity contribution in [1.82, 2.24) is 0 Å². The van der Waals surface area contributed by atoms with E-state index in [9.17, 15) is 0 Å². The third kappa shape index (κ3) is 36.7. The molecule has 5 heavy (non-hydrogen) atoms. The molecule has 0 heterocycles. The zero-order chi connectivity index (χ0) is 2.71. The van der Waals surface area contributed by atoms with Crippen LogP contribution in [0.25, 0.3) is 0 Å². The van der Waals surface area contributed by atoms with Crippen molar-refractivity contribution in [3.8, 4) is 0 Å². The van der Waals surface area contributed by atoms with Crippen LogP contribution in [-0.2, 0) is 28.9 Å². The quantitative estimate of drug-likeness (QED) is 0.425. The molecule has 0 rings (SSSR count). The van der Waals surface area contributed by atoms with Gasteiger partial charge in [-0.15, -0.1) is 0 Å². The summed E-state index contributed by atoms with van der Waals surface area (Å²) in [5.74, 6) is 0. The molecule has 0 aromatic heterocycles. The van der Waals surface area contributed by atoms with Crippen molar-refractivity contribution in [3.63, 3.8) is 0 Å². The first-order chi connectivity index (χ1) is 1.41. The molecule has 0 saturated carbocycles. The molecule has 28 valence electrons. The van der Waals surface area contributed by atoms with Crippen LogP contribution < -0.4 is 0 Å². The van der Waals surface area contributed by atoms with Crippen molar-refractivity contribution < 1.29 is 37.2 Å². The fraction of sp³-hybridized carbons (Fsp3) is 0. The maximum atomic E-state index is 8.54. The second-order valence-corrected chi connectivity index (χ2v) is 0.493. The van der Waals surface area contributed by atoms with Gasteiger partial charge in [-0.1, -0.05) is 0 Å². The standard InChI is InChI=1S/Mg.H2O.2O.Zr.2H/h;1H2;;;;;/q+2;;;;;2*-1. The van der Waals surface area contributed by atoms with E-state index in [1.165, 1.54) is 0 Å². The molecule has 0 aliphatic rings.